The molecular formula is C65H120O6. The lowest BCUT2D eigenvalue weighted by Crippen LogP contribution is -2.30. The Morgan fingerprint density at radius 3 is 0.817 bits per heavy atom. The third kappa shape index (κ3) is 58.4. The quantitative estimate of drug-likeness (QED) is 0.0261. The maximum absolute atomic E-state index is 12.9. The molecule has 6 nitrogen and oxygen atoms in total. The lowest BCUT2D eigenvalue weighted by molar-refractivity contribution is -0.167. The third-order valence-corrected chi connectivity index (χ3v) is 14.1. The van der Waals surface area contributed by atoms with Gasteiger partial charge in [0.05, 0.1) is 0 Å². The monoisotopic (exact) mass is 997 g/mol. The number of rotatable bonds is 58. The van der Waals surface area contributed by atoms with Gasteiger partial charge in [0, 0.05) is 19.3 Å². The van der Waals surface area contributed by atoms with Crippen LogP contribution < -0.4 is 0 Å². The third-order valence-electron chi connectivity index (χ3n) is 14.1. The highest BCUT2D eigenvalue weighted by Gasteiger charge is 2.19. The van der Waals surface area contributed by atoms with E-state index in [1.165, 1.54) is 231 Å². The predicted molar refractivity (Wildman–Crippen MR) is 307 cm³/mol. The molecule has 0 heterocycles. The van der Waals surface area contributed by atoms with Crippen molar-refractivity contribution < 1.29 is 28.6 Å². The van der Waals surface area contributed by atoms with E-state index in [9.17, 15) is 14.4 Å². The summed E-state index contributed by atoms with van der Waals surface area (Å²) in [5, 5.41) is 0. The smallest absolute Gasteiger partial charge is 0.306 e. The first-order valence-electron chi connectivity index (χ1n) is 31.5. The average Bonchev–Trinajstić information content (AvgIpc) is 3.37. The van der Waals surface area contributed by atoms with Crippen molar-refractivity contribution in [2.45, 2.75) is 348 Å². The summed E-state index contributed by atoms with van der Waals surface area (Å²) in [6.45, 7) is 6.65. The average molecular weight is 998 g/mol. The molecule has 0 aliphatic carbocycles. The fraction of sp³-hybridized carbons (Fsp3) is 0.862. The molecule has 0 aromatic rings. The van der Waals surface area contributed by atoms with E-state index in [2.05, 4.69) is 57.2 Å². The van der Waals surface area contributed by atoms with Gasteiger partial charge in [-0.3, -0.25) is 14.4 Å². The normalized spacial score (nSPS) is 12.2. The van der Waals surface area contributed by atoms with Crippen molar-refractivity contribution >= 4 is 17.9 Å². The summed E-state index contributed by atoms with van der Waals surface area (Å²) < 4.78 is 16.9. The zero-order valence-electron chi connectivity index (χ0n) is 47.8. The molecule has 0 saturated carbocycles. The second-order valence-electron chi connectivity index (χ2n) is 21.3. The molecule has 0 bridgehead atoms. The number of ether oxygens (including phenoxy) is 3. The largest absolute Gasteiger partial charge is 0.462 e. The molecule has 1 atom stereocenters. The number of esters is 3. The molecule has 0 radical (unpaired) electrons. The van der Waals surface area contributed by atoms with Crippen LogP contribution in [0.25, 0.3) is 0 Å². The van der Waals surface area contributed by atoms with Gasteiger partial charge in [0.15, 0.2) is 6.10 Å². The van der Waals surface area contributed by atoms with Crippen LogP contribution in [-0.2, 0) is 28.6 Å². The van der Waals surface area contributed by atoms with E-state index in [1.807, 2.05) is 0 Å². The van der Waals surface area contributed by atoms with E-state index in [0.717, 1.165) is 70.6 Å². The van der Waals surface area contributed by atoms with Crippen LogP contribution in [0.5, 0.6) is 0 Å². The van der Waals surface area contributed by atoms with Crippen LogP contribution in [0.3, 0.4) is 0 Å². The lowest BCUT2D eigenvalue weighted by Gasteiger charge is -2.18. The second kappa shape index (κ2) is 60.2. The van der Waals surface area contributed by atoms with Gasteiger partial charge >= 0.3 is 17.9 Å². The Kier molecular flexibility index (Phi) is 58.2. The first-order chi connectivity index (χ1) is 35.0. The minimum Gasteiger partial charge on any atom is -0.462 e. The van der Waals surface area contributed by atoms with Crippen LogP contribution in [0.1, 0.15) is 342 Å². The van der Waals surface area contributed by atoms with Gasteiger partial charge in [0.2, 0.25) is 0 Å². The highest BCUT2D eigenvalue weighted by Crippen LogP contribution is 2.17. The molecule has 6 heteroatoms. The lowest BCUT2D eigenvalue weighted by atomic mass is 10.0. The van der Waals surface area contributed by atoms with Gasteiger partial charge in [0.1, 0.15) is 13.2 Å². The van der Waals surface area contributed by atoms with Crippen molar-refractivity contribution in [1.82, 2.24) is 0 Å². The van der Waals surface area contributed by atoms with Gasteiger partial charge in [0.25, 0.3) is 0 Å². The maximum Gasteiger partial charge on any atom is 0.306 e. The van der Waals surface area contributed by atoms with Gasteiger partial charge in [-0.1, -0.05) is 282 Å². The SMILES string of the molecule is CCCCC/C=C\CCCCCCCC(=O)OCC(COC(=O)CCCCCCCCCCCCCCCCC/C=C\C/C=C\CCCCCCC)OC(=O)CCCCCCCCCCCCCCCC. The zero-order valence-corrected chi connectivity index (χ0v) is 47.8. The number of carbonyl (C=O) groups is 3. The summed E-state index contributed by atoms with van der Waals surface area (Å²) in [4.78, 5) is 38.2. The molecule has 0 aliphatic rings. The summed E-state index contributed by atoms with van der Waals surface area (Å²) in [5.74, 6) is -0.859. The Labute approximate surface area is 442 Å². The molecule has 0 amide bonds. The van der Waals surface area contributed by atoms with Crippen LogP contribution in [0, 0.1) is 0 Å². The van der Waals surface area contributed by atoms with Crippen LogP contribution in [0.15, 0.2) is 36.5 Å². The standard InChI is InChI=1S/C65H120O6/c1-4-7-10-13-16-19-22-25-27-28-29-30-31-32-33-34-35-36-37-38-39-41-43-46-49-52-55-58-64(67)70-61-62(60-69-63(66)57-54-51-48-45-42-24-21-18-15-12-9-6-3)71-65(68)59-56-53-50-47-44-40-26-23-20-17-14-11-8-5-2/h18,21-22,25,28-29,62H,4-17,19-20,23-24,26-27,30-61H2,1-3H3/b21-18-,25-22-,29-28-. The van der Waals surface area contributed by atoms with E-state index in [4.69, 9.17) is 14.2 Å². The van der Waals surface area contributed by atoms with E-state index < -0.39 is 6.10 Å². The summed E-state index contributed by atoms with van der Waals surface area (Å²) in [6.07, 6.45) is 73.0. The Balaban J connectivity index is 4.17. The molecule has 0 spiro atoms. The Bertz CT molecular complexity index is 1190. The van der Waals surface area contributed by atoms with Gasteiger partial charge in [-0.15, -0.1) is 0 Å². The van der Waals surface area contributed by atoms with Crippen LogP contribution in [0.4, 0.5) is 0 Å². The highest BCUT2D eigenvalue weighted by molar-refractivity contribution is 5.71. The van der Waals surface area contributed by atoms with E-state index >= 15 is 0 Å². The van der Waals surface area contributed by atoms with E-state index in [-0.39, 0.29) is 31.1 Å². The Morgan fingerprint density at radius 1 is 0.282 bits per heavy atom. The minimum absolute atomic E-state index is 0.0702. The number of hydrogen-bond acceptors (Lipinski definition) is 6. The molecule has 0 saturated heterocycles. The summed E-state index contributed by atoms with van der Waals surface area (Å²) in [5.41, 5.74) is 0. The molecule has 0 rings (SSSR count). The fourth-order valence-electron chi connectivity index (χ4n) is 9.35. The van der Waals surface area contributed by atoms with Gasteiger partial charge < -0.3 is 14.2 Å². The van der Waals surface area contributed by atoms with Crippen molar-refractivity contribution in [3.05, 3.63) is 36.5 Å². The van der Waals surface area contributed by atoms with Crippen LogP contribution >= 0.6 is 0 Å². The Hall–Kier alpha value is -2.37. The topological polar surface area (TPSA) is 78.9 Å². The molecular weight excluding hydrogens is 877 g/mol. The molecule has 416 valence electrons. The van der Waals surface area contributed by atoms with Gasteiger partial charge in [-0.25, -0.2) is 0 Å². The summed E-state index contributed by atoms with van der Waals surface area (Å²) in [7, 11) is 0. The molecule has 71 heavy (non-hydrogen) atoms. The minimum atomic E-state index is -0.771. The Morgan fingerprint density at radius 2 is 0.507 bits per heavy atom. The van der Waals surface area contributed by atoms with Crippen molar-refractivity contribution in [3.63, 3.8) is 0 Å². The first-order valence-corrected chi connectivity index (χ1v) is 31.5. The molecule has 0 aromatic carbocycles. The molecule has 1 unspecified atom stereocenters. The molecule has 0 fully saturated rings. The number of allylic oxidation sites excluding steroid dienone is 6. The number of unbranched alkanes of at least 4 members (excludes halogenated alkanes) is 41. The fourth-order valence-corrected chi connectivity index (χ4v) is 9.35. The van der Waals surface area contributed by atoms with Crippen LogP contribution in [-0.4, -0.2) is 37.2 Å². The van der Waals surface area contributed by atoms with Crippen molar-refractivity contribution in [2.75, 3.05) is 13.2 Å². The molecule has 0 aliphatic heterocycles. The van der Waals surface area contributed by atoms with Crippen LogP contribution in [0.2, 0.25) is 0 Å². The van der Waals surface area contributed by atoms with Gasteiger partial charge in [-0.2, -0.15) is 0 Å². The van der Waals surface area contributed by atoms with E-state index in [1.54, 1.807) is 0 Å². The maximum atomic E-state index is 12.9. The first kappa shape index (κ1) is 68.6. The summed E-state index contributed by atoms with van der Waals surface area (Å²) in [6, 6.07) is 0. The van der Waals surface area contributed by atoms with E-state index in [0.29, 0.717) is 19.3 Å². The number of carbonyl (C=O) groups excluding carboxylic acids is 3. The highest BCUT2D eigenvalue weighted by atomic mass is 16.6. The van der Waals surface area contributed by atoms with Crippen molar-refractivity contribution in [1.29, 1.82) is 0 Å². The van der Waals surface area contributed by atoms with Gasteiger partial charge in [-0.05, 0) is 77.0 Å². The van der Waals surface area contributed by atoms with Crippen molar-refractivity contribution in [3.8, 4) is 0 Å². The molecule has 0 N–H and O–H groups in total. The second-order valence-corrected chi connectivity index (χ2v) is 21.3. The summed E-state index contributed by atoms with van der Waals surface area (Å²) >= 11 is 0. The van der Waals surface area contributed by atoms with Crippen molar-refractivity contribution in [2.24, 2.45) is 0 Å². The number of hydrogen-bond donors (Lipinski definition) is 0. The predicted octanol–water partition coefficient (Wildman–Crippen LogP) is 21.2. The molecule has 0 aromatic heterocycles. The zero-order chi connectivity index (χ0) is 51.4.